The summed E-state index contributed by atoms with van der Waals surface area (Å²) in [5, 5.41) is 0.613. The van der Waals surface area contributed by atoms with Crippen molar-refractivity contribution in [2.75, 3.05) is 57.9 Å². The predicted molar refractivity (Wildman–Crippen MR) is 144 cm³/mol. The summed E-state index contributed by atoms with van der Waals surface area (Å²) in [6.07, 6.45) is 1.88. The van der Waals surface area contributed by atoms with Gasteiger partial charge in [-0.2, -0.15) is 4.31 Å². The van der Waals surface area contributed by atoms with Gasteiger partial charge in [0.1, 0.15) is 11.8 Å². The first kappa shape index (κ1) is 26.1. The summed E-state index contributed by atoms with van der Waals surface area (Å²) < 4.78 is 40.1. The van der Waals surface area contributed by atoms with E-state index in [1.807, 2.05) is 24.3 Å². The number of hydrogen-bond donors (Lipinski definition) is 0. The van der Waals surface area contributed by atoms with Gasteiger partial charge in [0.05, 0.1) is 35.4 Å². The highest BCUT2D eigenvalue weighted by Gasteiger charge is 2.42. The van der Waals surface area contributed by atoms with Crippen molar-refractivity contribution in [3.63, 3.8) is 0 Å². The van der Waals surface area contributed by atoms with Crippen molar-refractivity contribution in [2.24, 2.45) is 0 Å². The van der Waals surface area contributed by atoms with Crippen molar-refractivity contribution in [1.82, 2.24) is 14.2 Å². The third-order valence-electron chi connectivity index (χ3n) is 6.89. The average molecular weight is 545 g/mol. The second kappa shape index (κ2) is 11.4. The molecule has 1 atom stereocenters. The van der Waals surface area contributed by atoms with Crippen LogP contribution in [0.5, 0.6) is 5.75 Å². The third kappa shape index (κ3) is 5.65. The topological polar surface area (TPSA) is 92.3 Å². The number of morpholine rings is 1. The monoisotopic (exact) mass is 544 g/mol. The van der Waals surface area contributed by atoms with Gasteiger partial charge in [0.25, 0.3) is 0 Å². The van der Waals surface area contributed by atoms with Gasteiger partial charge in [-0.05, 0) is 55.7 Å². The lowest BCUT2D eigenvalue weighted by Gasteiger charge is -2.30. The number of nitrogens with zero attached hydrogens (tertiary/aromatic N) is 4. The number of hydrogen-bond acceptors (Lipinski definition) is 8. The number of para-hydroxylation sites is 1. The normalized spacial score (nSPS) is 19.3. The maximum Gasteiger partial charge on any atom is 0.247 e. The van der Waals surface area contributed by atoms with E-state index in [9.17, 15) is 13.2 Å². The van der Waals surface area contributed by atoms with Gasteiger partial charge in [0.2, 0.25) is 15.9 Å². The number of amides is 1. The zero-order valence-corrected chi connectivity index (χ0v) is 22.5. The molecule has 11 heteroatoms. The molecule has 1 unspecified atom stereocenters. The Hall–Kier alpha value is -2.57. The molecule has 2 aliphatic rings. The molecule has 2 fully saturated rings. The van der Waals surface area contributed by atoms with Gasteiger partial charge in [0, 0.05) is 32.7 Å². The number of fused-ring (bicyclic) bond motifs is 1. The first-order valence-electron chi connectivity index (χ1n) is 12.6. The molecule has 9 nitrogen and oxygen atoms in total. The molecule has 0 N–H and O–H groups in total. The van der Waals surface area contributed by atoms with Crippen LogP contribution in [0.2, 0.25) is 0 Å². The van der Waals surface area contributed by atoms with Gasteiger partial charge in [-0.3, -0.25) is 14.6 Å². The molecule has 1 amide bonds. The van der Waals surface area contributed by atoms with Crippen molar-refractivity contribution >= 4 is 42.6 Å². The number of ether oxygens (including phenoxy) is 2. The lowest BCUT2D eigenvalue weighted by atomic mass is 10.2. The van der Waals surface area contributed by atoms with E-state index < -0.39 is 16.1 Å². The smallest absolute Gasteiger partial charge is 0.247 e. The molecule has 1 aromatic heterocycles. The highest BCUT2D eigenvalue weighted by molar-refractivity contribution is 7.89. The Morgan fingerprint density at radius 1 is 1.14 bits per heavy atom. The Morgan fingerprint density at radius 2 is 1.89 bits per heavy atom. The number of methoxy groups -OCH3 is 1. The molecule has 37 heavy (non-hydrogen) atoms. The Balaban J connectivity index is 1.39. The van der Waals surface area contributed by atoms with Crippen LogP contribution in [-0.2, 0) is 19.6 Å². The standard InChI is InChI=1S/C26H32N4O5S2/c1-34-20-9-11-21(12-10-20)37(32,33)30-15-4-7-23(30)25(31)29(14-5-13-28-16-18-35-19-17-28)26-27-22-6-2-3-8-24(22)36-26/h2-3,6,8-12,23H,4-5,7,13-19H2,1H3. The highest BCUT2D eigenvalue weighted by Crippen LogP contribution is 2.33. The van der Waals surface area contributed by atoms with Gasteiger partial charge < -0.3 is 9.47 Å². The van der Waals surface area contributed by atoms with Gasteiger partial charge in [0.15, 0.2) is 5.13 Å². The van der Waals surface area contributed by atoms with Gasteiger partial charge in [-0.1, -0.05) is 23.5 Å². The number of aromatic nitrogens is 1. The number of carbonyl (C=O) groups excluding carboxylic acids is 1. The fraction of sp³-hybridized carbons (Fsp3) is 0.462. The highest BCUT2D eigenvalue weighted by atomic mass is 32.2. The summed E-state index contributed by atoms with van der Waals surface area (Å²) in [4.78, 5) is 23.0. The van der Waals surface area contributed by atoms with E-state index in [1.54, 1.807) is 17.0 Å². The minimum atomic E-state index is -3.84. The van der Waals surface area contributed by atoms with E-state index in [4.69, 9.17) is 14.5 Å². The Labute approximate surface area is 221 Å². The largest absolute Gasteiger partial charge is 0.497 e. The molecule has 2 aliphatic heterocycles. The second-order valence-electron chi connectivity index (χ2n) is 9.21. The molecule has 0 bridgehead atoms. The van der Waals surface area contributed by atoms with Crippen molar-refractivity contribution in [3.8, 4) is 5.75 Å². The first-order valence-corrected chi connectivity index (χ1v) is 14.9. The van der Waals surface area contributed by atoms with Crippen molar-refractivity contribution in [1.29, 1.82) is 0 Å². The SMILES string of the molecule is COc1ccc(S(=O)(=O)N2CCCC2C(=O)N(CCCN2CCOCC2)c2nc3ccccc3s2)cc1. The molecule has 0 spiro atoms. The van der Waals surface area contributed by atoms with E-state index >= 15 is 0 Å². The summed E-state index contributed by atoms with van der Waals surface area (Å²) in [6.45, 7) is 4.84. The van der Waals surface area contributed by atoms with Crippen LogP contribution in [0, 0.1) is 0 Å². The van der Waals surface area contributed by atoms with Crippen LogP contribution >= 0.6 is 11.3 Å². The molecule has 3 heterocycles. The van der Waals surface area contributed by atoms with Gasteiger partial charge >= 0.3 is 0 Å². The quantitative estimate of drug-likeness (QED) is 0.409. The molecule has 2 saturated heterocycles. The fourth-order valence-electron chi connectivity index (χ4n) is 4.89. The zero-order chi connectivity index (χ0) is 25.8. The summed E-state index contributed by atoms with van der Waals surface area (Å²) in [5.41, 5.74) is 0.836. The van der Waals surface area contributed by atoms with E-state index in [-0.39, 0.29) is 10.8 Å². The molecule has 3 aromatic rings. The number of anilines is 1. The first-order chi connectivity index (χ1) is 18.0. The fourth-order valence-corrected chi connectivity index (χ4v) is 7.54. The van der Waals surface area contributed by atoms with Crippen molar-refractivity contribution in [3.05, 3.63) is 48.5 Å². The Bertz CT molecular complexity index is 1290. The lowest BCUT2D eigenvalue weighted by Crippen LogP contribution is -2.48. The molecule has 0 radical (unpaired) electrons. The van der Waals surface area contributed by atoms with Gasteiger partial charge in [-0.25, -0.2) is 13.4 Å². The van der Waals surface area contributed by atoms with E-state index in [1.165, 1.54) is 34.9 Å². The van der Waals surface area contributed by atoms with Crippen LogP contribution in [0.3, 0.4) is 0 Å². The third-order valence-corrected chi connectivity index (χ3v) is 9.88. The molecule has 0 aliphatic carbocycles. The summed E-state index contributed by atoms with van der Waals surface area (Å²) >= 11 is 1.47. The van der Waals surface area contributed by atoms with Crippen molar-refractivity contribution in [2.45, 2.75) is 30.2 Å². The van der Waals surface area contributed by atoms with Crippen LogP contribution in [-0.4, -0.2) is 87.6 Å². The van der Waals surface area contributed by atoms with Crippen molar-refractivity contribution < 1.29 is 22.7 Å². The second-order valence-corrected chi connectivity index (χ2v) is 12.1. The lowest BCUT2D eigenvalue weighted by molar-refractivity contribution is -0.121. The van der Waals surface area contributed by atoms with E-state index in [0.29, 0.717) is 36.8 Å². The molecular formula is C26H32N4O5S2. The van der Waals surface area contributed by atoms with Crippen LogP contribution in [0.1, 0.15) is 19.3 Å². The molecule has 5 rings (SSSR count). The minimum absolute atomic E-state index is 0.159. The minimum Gasteiger partial charge on any atom is -0.497 e. The number of thiazole rings is 1. The van der Waals surface area contributed by atoms with Crippen LogP contribution in [0.15, 0.2) is 53.4 Å². The number of sulfonamides is 1. The summed E-state index contributed by atoms with van der Waals surface area (Å²) in [5.74, 6) is 0.367. The van der Waals surface area contributed by atoms with E-state index in [0.717, 1.165) is 49.5 Å². The molecule has 2 aromatic carbocycles. The van der Waals surface area contributed by atoms with Crippen LogP contribution < -0.4 is 9.64 Å². The molecule has 0 saturated carbocycles. The number of benzene rings is 2. The van der Waals surface area contributed by atoms with Gasteiger partial charge in [-0.15, -0.1) is 0 Å². The zero-order valence-electron chi connectivity index (χ0n) is 20.9. The predicted octanol–water partition coefficient (Wildman–Crippen LogP) is 3.21. The summed E-state index contributed by atoms with van der Waals surface area (Å²) in [6, 6.07) is 13.3. The van der Waals surface area contributed by atoms with Crippen LogP contribution in [0.25, 0.3) is 10.2 Å². The summed E-state index contributed by atoms with van der Waals surface area (Å²) in [7, 11) is -2.31. The maximum absolute atomic E-state index is 14.0. The van der Waals surface area contributed by atoms with E-state index in [2.05, 4.69) is 4.90 Å². The molecule has 198 valence electrons. The maximum atomic E-state index is 14.0. The molecular weight excluding hydrogens is 512 g/mol. The number of carbonyl (C=O) groups is 1. The average Bonchev–Trinajstić information content (AvgIpc) is 3.59. The van der Waals surface area contributed by atoms with Crippen LogP contribution in [0.4, 0.5) is 5.13 Å². The number of rotatable bonds is 9. The Morgan fingerprint density at radius 3 is 2.62 bits per heavy atom. The Kier molecular flexibility index (Phi) is 8.06.